The van der Waals surface area contributed by atoms with Gasteiger partial charge in [-0.3, -0.25) is 4.98 Å². The van der Waals surface area contributed by atoms with E-state index in [1.54, 1.807) is 13.8 Å². The van der Waals surface area contributed by atoms with Crippen molar-refractivity contribution in [2.24, 2.45) is 0 Å². The fraction of sp³-hybridized carbons (Fsp3) is 0.143. The number of aromatic carboxylic acids is 1. The summed E-state index contributed by atoms with van der Waals surface area (Å²) < 4.78 is 18.6. The van der Waals surface area contributed by atoms with Crippen molar-refractivity contribution < 1.29 is 19.0 Å². The van der Waals surface area contributed by atoms with Crippen LogP contribution in [0.3, 0.4) is 0 Å². The van der Waals surface area contributed by atoms with E-state index in [0.29, 0.717) is 17.0 Å². The van der Waals surface area contributed by atoms with E-state index in [1.165, 1.54) is 30.5 Å². The van der Waals surface area contributed by atoms with E-state index in [-0.39, 0.29) is 17.1 Å². The molecule has 1 N–H and O–H groups in total. The van der Waals surface area contributed by atoms with Crippen LogP contribution in [0.5, 0.6) is 11.5 Å². The van der Waals surface area contributed by atoms with E-state index in [9.17, 15) is 9.18 Å². The fourth-order valence-corrected chi connectivity index (χ4v) is 1.59. The SMILES string of the molecule is Cc1cc(Oc2ccc(F)c(C)c2)c(C(=O)O)cn1. The Kier molecular flexibility index (Phi) is 3.46. The Hall–Kier alpha value is -2.43. The van der Waals surface area contributed by atoms with Crippen LogP contribution in [0.2, 0.25) is 0 Å². The summed E-state index contributed by atoms with van der Waals surface area (Å²) in [6.45, 7) is 3.34. The molecule has 0 amide bonds. The topological polar surface area (TPSA) is 59.4 Å². The van der Waals surface area contributed by atoms with Crippen molar-refractivity contribution in [2.45, 2.75) is 13.8 Å². The molecular formula is C14H12FNO3. The maximum absolute atomic E-state index is 13.1. The maximum atomic E-state index is 13.1. The van der Waals surface area contributed by atoms with Crippen LogP contribution in [-0.4, -0.2) is 16.1 Å². The van der Waals surface area contributed by atoms with Crippen LogP contribution in [-0.2, 0) is 0 Å². The van der Waals surface area contributed by atoms with Crippen LogP contribution < -0.4 is 4.74 Å². The largest absolute Gasteiger partial charge is 0.477 e. The van der Waals surface area contributed by atoms with Gasteiger partial charge in [0.15, 0.2) is 0 Å². The Labute approximate surface area is 109 Å². The predicted molar refractivity (Wildman–Crippen MR) is 67.1 cm³/mol. The highest BCUT2D eigenvalue weighted by Gasteiger charge is 2.13. The fourth-order valence-electron chi connectivity index (χ4n) is 1.59. The third-order valence-corrected chi connectivity index (χ3v) is 2.59. The number of carboxylic acids is 1. The number of rotatable bonds is 3. The lowest BCUT2D eigenvalue weighted by molar-refractivity contribution is 0.0693. The number of halogens is 1. The zero-order valence-electron chi connectivity index (χ0n) is 10.5. The van der Waals surface area contributed by atoms with Gasteiger partial charge < -0.3 is 9.84 Å². The molecule has 4 nitrogen and oxygen atoms in total. The second-order valence-electron chi connectivity index (χ2n) is 4.14. The molecule has 0 saturated heterocycles. The minimum absolute atomic E-state index is 0.0346. The molecule has 1 heterocycles. The lowest BCUT2D eigenvalue weighted by Crippen LogP contribution is -2.02. The van der Waals surface area contributed by atoms with Crippen molar-refractivity contribution in [3.8, 4) is 11.5 Å². The molecule has 0 atom stereocenters. The van der Waals surface area contributed by atoms with Crippen molar-refractivity contribution >= 4 is 5.97 Å². The van der Waals surface area contributed by atoms with Crippen LogP contribution in [0.1, 0.15) is 21.6 Å². The Morgan fingerprint density at radius 3 is 2.68 bits per heavy atom. The van der Waals surface area contributed by atoms with Crippen LogP contribution in [0.25, 0.3) is 0 Å². The van der Waals surface area contributed by atoms with E-state index in [2.05, 4.69) is 4.98 Å². The summed E-state index contributed by atoms with van der Waals surface area (Å²) in [7, 11) is 0. The second-order valence-corrected chi connectivity index (χ2v) is 4.14. The highest BCUT2D eigenvalue weighted by Crippen LogP contribution is 2.27. The zero-order chi connectivity index (χ0) is 14.0. The van der Waals surface area contributed by atoms with Gasteiger partial charge in [0.1, 0.15) is 22.9 Å². The van der Waals surface area contributed by atoms with E-state index in [4.69, 9.17) is 9.84 Å². The minimum atomic E-state index is -1.12. The molecule has 5 heteroatoms. The number of nitrogens with zero attached hydrogens (tertiary/aromatic N) is 1. The summed E-state index contributed by atoms with van der Waals surface area (Å²) >= 11 is 0. The molecule has 2 aromatic rings. The molecule has 0 aliphatic rings. The van der Waals surface area contributed by atoms with Crippen LogP contribution >= 0.6 is 0 Å². The van der Waals surface area contributed by atoms with Gasteiger partial charge in [0.2, 0.25) is 0 Å². The van der Waals surface area contributed by atoms with Gasteiger partial charge in [0.05, 0.1) is 0 Å². The van der Waals surface area contributed by atoms with E-state index in [1.807, 2.05) is 0 Å². The predicted octanol–water partition coefficient (Wildman–Crippen LogP) is 3.33. The molecule has 0 saturated carbocycles. The quantitative estimate of drug-likeness (QED) is 0.920. The van der Waals surface area contributed by atoms with Crippen molar-refractivity contribution in [3.63, 3.8) is 0 Å². The molecule has 1 aromatic carbocycles. The van der Waals surface area contributed by atoms with Crippen LogP contribution in [0, 0.1) is 19.7 Å². The Morgan fingerprint density at radius 2 is 2.05 bits per heavy atom. The van der Waals surface area contributed by atoms with E-state index < -0.39 is 5.97 Å². The summed E-state index contributed by atoms with van der Waals surface area (Å²) in [6, 6.07) is 5.77. The zero-order valence-corrected chi connectivity index (χ0v) is 10.5. The summed E-state index contributed by atoms with van der Waals surface area (Å²) in [5.41, 5.74) is 1.03. The Balaban J connectivity index is 2.39. The van der Waals surface area contributed by atoms with Gasteiger partial charge >= 0.3 is 5.97 Å². The highest BCUT2D eigenvalue weighted by molar-refractivity contribution is 5.90. The number of carbonyl (C=O) groups is 1. The number of pyridine rings is 1. The molecule has 2 rings (SSSR count). The normalized spacial score (nSPS) is 10.3. The molecule has 0 unspecified atom stereocenters. The highest BCUT2D eigenvalue weighted by atomic mass is 19.1. The van der Waals surface area contributed by atoms with Crippen molar-refractivity contribution in [1.29, 1.82) is 0 Å². The molecular weight excluding hydrogens is 249 g/mol. The standard InChI is InChI=1S/C14H12FNO3/c1-8-5-10(3-4-12(8)15)19-13-6-9(2)16-7-11(13)14(17)18/h3-7H,1-2H3,(H,17,18). The van der Waals surface area contributed by atoms with Gasteiger partial charge in [-0.2, -0.15) is 0 Å². The first-order chi connectivity index (χ1) is 8.97. The number of aryl methyl sites for hydroxylation is 2. The monoisotopic (exact) mass is 261 g/mol. The minimum Gasteiger partial charge on any atom is -0.477 e. The Bertz CT molecular complexity index is 641. The maximum Gasteiger partial charge on any atom is 0.341 e. The number of carboxylic acid groups (broad SMARTS) is 1. The molecule has 98 valence electrons. The number of ether oxygens (including phenoxy) is 1. The van der Waals surface area contributed by atoms with Gasteiger partial charge in [-0.25, -0.2) is 9.18 Å². The molecule has 0 aliphatic heterocycles. The molecule has 0 spiro atoms. The van der Waals surface area contributed by atoms with Gasteiger partial charge in [-0.05, 0) is 37.6 Å². The summed E-state index contributed by atoms with van der Waals surface area (Å²) in [5.74, 6) is -0.893. The average molecular weight is 261 g/mol. The molecule has 0 fully saturated rings. The third-order valence-electron chi connectivity index (χ3n) is 2.59. The number of hydrogen-bond donors (Lipinski definition) is 1. The third kappa shape index (κ3) is 2.88. The van der Waals surface area contributed by atoms with Crippen molar-refractivity contribution in [1.82, 2.24) is 4.98 Å². The van der Waals surface area contributed by atoms with E-state index in [0.717, 1.165) is 0 Å². The van der Waals surface area contributed by atoms with Crippen molar-refractivity contribution in [3.05, 3.63) is 53.1 Å². The van der Waals surface area contributed by atoms with Gasteiger partial charge in [-0.1, -0.05) is 0 Å². The summed E-state index contributed by atoms with van der Waals surface area (Å²) in [6.07, 6.45) is 1.24. The lowest BCUT2D eigenvalue weighted by Gasteiger charge is -2.10. The number of aromatic nitrogens is 1. The molecule has 0 bridgehead atoms. The smallest absolute Gasteiger partial charge is 0.341 e. The van der Waals surface area contributed by atoms with E-state index >= 15 is 0 Å². The second kappa shape index (κ2) is 5.06. The van der Waals surface area contributed by atoms with Crippen LogP contribution in [0.4, 0.5) is 4.39 Å². The molecule has 0 aliphatic carbocycles. The van der Waals surface area contributed by atoms with Gasteiger partial charge in [0, 0.05) is 18.0 Å². The summed E-state index contributed by atoms with van der Waals surface area (Å²) in [4.78, 5) is 15.0. The number of hydrogen-bond acceptors (Lipinski definition) is 3. The van der Waals surface area contributed by atoms with Gasteiger partial charge in [-0.15, -0.1) is 0 Å². The lowest BCUT2D eigenvalue weighted by atomic mass is 10.2. The average Bonchev–Trinajstić information content (AvgIpc) is 2.33. The molecule has 19 heavy (non-hydrogen) atoms. The first-order valence-electron chi connectivity index (χ1n) is 5.61. The van der Waals surface area contributed by atoms with Crippen molar-refractivity contribution in [2.75, 3.05) is 0 Å². The number of benzene rings is 1. The molecule has 1 aromatic heterocycles. The van der Waals surface area contributed by atoms with Gasteiger partial charge in [0.25, 0.3) is 0 Å². The first kappa shape index (κ1) is 13.0. The Morgan fingerprint density at radius 1 is 1.32 bits per heavy atom. The van der Waals surface area contributed by atoms with Crippen LogP contribution in [0.15, 0.2) is 30.5 Å². The molecule has 0 radical (unpaired) electrons. The summed E-state index contributed by atoms with van der Waals surface area (Å²) in [5, 5.41) is 9.05. The first-order valence-corrected chi connectivity index (χ1v) is 5.61.